The number of hydrogen-bond donors (Lipinski definition) is 1. The first-order valence-corrected chi connectivity index (χ1v) is 7.11. The molecule has 1 N–H and O–H groups in total. The number of nitrogens with zero attached hydrogens (tertiary/aromatic N) is 4. The first-order chi connectivity index (χ1) is 11.1. The number of fused-ring (bicyclic) bond motifs is 2. The quantitative estimate of drug-likeness (QED) is 0.581. The van der Waals surface area contributed by atoms with Gasteiger partial charge in [0.05, 0.1) is 12.7 Å². The average molecular weight is 307 g/mol. The fourth-order valence-electron chi connectivity index (χ4n) is 2.72. The number of carbonyl (C=O) groups is 1. The molecule has 0 saturated carbocycles. The van der Waals surface area contributed by atoms with Crippen molar-refractivity contribution < 1.29 is 4.79 Å². The van der Waals surface area contributed by atoms with Gasteiger partial charge in [0.25, 0.3) is 5.56 Å². The van der Waals surface area contributed by atoms with Gasteiger partial charge in [0, 0.05) is 29.7 Å². The van der Waals surface area contributed by atoms with Crippen LogP contribution in [0.4, 0.5) is 0 Å². The van der Waals surface area contributed by atoms with Crippen LogP contribution in [0.2, 0.25) is 0 Å². The largest absolute Gasteiger partial charge is 0.360 e. The fourth-order valence-corrected chi connectivity index (χ4v) is 2.72. The Morgan fingerprint density at radius 3 is 2.96 bits per heavy atom. The smallest absolute Gasteiger partial charge is 0.264 e. The van der Waals surface area contributed by atoms with Crippen molar-refractivity contribution in [3.8, 4) is 0 Å². The maximum atomic E-state index is 12.6. The standard InChI is InChI=1S/C16H13N5O2/c1-20-15-12(7-19-20)16(23)21(9-18-15)8-14(22)11-6-17-13-5-3-2-4-10(11)13/h2-7,9,17H,8H2,1H3. The van der Waals surface area contributed by atoms with Gasteiger partial charge in [-0.1, -0.05) is 18.2 Å². The van der Waals surface area contributed by atoms with Crippen LogP contribution in [0.1, 0.15) is 10.4 Å². The van der Waals surface area contributed by atoms with Crippen LogP contribution in [0.15, 0.2) is 47.8 Å². The zero-order chi connectivity index (χ0) is 16.0. The predicted octanol–water partition coefficient (Wildman–Crippen LogP) is 1.49. The third-order valence-electron chi connectivity index (χ3n) is 3.92. The minimum Gasteiger partial charge on any atom is -0.360 e. The summed E-state index contributed by atoms with van der Waals surface area (Å²) >= 11 is 0. The summed E-state index contributed by atoms with van der Waals surface area (Å²) in [6.07, 6.45) is 4.53. The van der Waals surface area contributed by atoms with Crippen molar-refractivity contribution in [2.45, 2.75) is 6.54 Å². The van der Waals surface area contributed by atoms with Crippen molar-refractivity contribution in [3.63, 3.8) is 0 Å². The molecule has 0 aliphatic carbocycles. The highest BCUT2D eigenvalue weighted by Gasteiger charge is 2.15. The van der Waals surface area contributed by atoms with Gasteiger partial charge in [-0.2, -0.15) is 5.10 Å². The molecule has 0 atom stereocenters. The molecule has 0 aliphatic rings. The average Bonchev–Trinajstić information content (AvgIpc) is 3.14. The van der Waals surface area contributed by atoms with E-state index in [1.54, 1.807) is 13.2 Å². The summed E-state index contributed by atoms with van der Waals surface area (Å²) in [5.41, 5.74) is 1.70. The number of H-pyrrole nitrogens is 1. The number of aryl methyl sites for hydroxylation is 1. The normalized spacial score (nSPS) is 11.3. The Labute approximate surface area is 130 Å². The van der Waals surface area contributed by atoms with E-state index in [1.807, 2.05) is 24.3 Å². The number of para-hydroxylation sites is 1. The summed E-state index contributed by atoms with van der Waals surface area (Å²) in [6, 6.07) is 7.56. The van der Waals surface area contributed by atoms with E-state index < -0.39 is 0 Å². The van der Waals surface area contributed by atoms with Crippen molar-refractivity contribution in [2.24, 2.45) is 7.05 Å². The molecule has 0 unspecified atom stereocenters. The van der Waals surface area contributed by atoms with Crippen LogP contribution >= 0.6 is 0 Å². The molecule has 4 rings (SSSR count). The Morgan fingerprint density at radius 1 is 1.26 bits per heavy atom. The van der Waals surface area contributed by atoms with Gasteiger partial charge in [-0.05, 0) is 6.07 Å². The second kappa shape index (κ2) is 4.91. The highest BCUT2D eigenvalue weighted by atomic mass is 16.1. The first kappa shape index (κ1) is 13.4. The summed E-state index contributed by atoms with van der Waals surface area (Å²) in [4.78, 5) is 32.2. The van der Waals surface area contributed by atoms with Crippen molar-refractivity contribution in [3.05, 3.63) is 58.9 Å². The molecule has 23 heavy (non-hydrogen) atoms. The molecule has 7 heteroatoms. The summed E-state index contributed by atoms with van der Waals surface area (Å²) in [7, 11) is 1.72. The molecule has 0 saturated heterocycles. The highest BCUT2D eigenvalue weighted by Crippen LogP contribution is 2.18. The number of carbonyl (C=O) groups excluding carboxylic acids is 1. The third kappa shape index (κ3) is 2.05. The van der Waals surface area contributed by atoms with Crippen LogP contribution in [0.3, 0.4) is 0 Å². The Balaban J connectivity index is 1.74. The number of ketones is 1. The monoisotopic (exact) mass is 307 g/mol. The molecular weight excluding hydrogens is 294 g/mol. The number of benzene rings is 1. The minimum absolute atomic E-state index is 0.0570. The molecule has 0 aliphatic heterocycles. The number of Topliss-reactive ketones (excluding diaryl/α,β-unsaturated/α-hetero) is 1. The maximum absolute atomic E-state index is 12.6. The number of hydrogen-bond acceptors (Lipinski definition) is 4. The van der Waals surface area contributed by atoms with Gasteiger partial charge < -0.3 is 4.98 Å². The summed E-state index contributed by atoms with van der Waals surface area (Å²) < 4.78 is 2.84. The molecule has 0 radical (unpaired) electrons. The van der Waals surface area contributed by atoms with Crippen molar-refractivity contribution >= 4 is 27.7 Å². The van der Waals surface area contributed by atoms with E-state index in [2.05, 4.69) is 15.1 Å². The Bertz CT molecular complexity index is 1100. The van der Waals surface area contributed by atoms with Crippen LogP contribution < -0.4 is 5.56 Å². The molecule has 0 fully saturated rings. The molecule has 3 heterocycles. The molecule has 7 nitrogen and oxygen atoms in total. The lowest BCUT2D eigenvalue weighted by Gasteiger charge is -2.04. The minimum atomic E-state index is -0.267. The number of aromatic nitrogens is 5. The SMILES string of the molecule is Cn1ncc2c(=O)n(CC(=O)c3c[nH]c4ccccc34)cnc21. The molecular formula is C16H13N5O2. The van der Waals surface area contributed by atoms with E-state index in [0.717, 1.165) is 10.9 Å². The molecule has 3 aromatic heterocycles. The zero-order valence-corrected chi connectivity index (χ0v) is 12.4. The van der Waals surface area contributed by atoms with Crippen LogP contribution in [0, 0.1) is 0 Å². The molecule has 4 aromatic rings. The maximum Gasteiger partial charge on any atom is 0.264 e. The second-order valence-corrected chi connectivity index (χ2v) is 5.35. The Hall–Kier alpha value is -3.22. The van der Waals surface area contributed by atoms with E-state index >= 15 is 0 Å². The Kier molecular flexibility index (Phi) is 2.87. The van der Waals surface area contributed by atoms with Crippen LogP contribution in [-0.2, 0) is 13.6 Å². The van der Waals surface area contributed by atoms with Crippen LogP contribution in [-0.4, -0.2) is 30.1 Å². The van der Waals surface area contributed by atoms with Gasteiger partial charge >= 0.3 is 0 Å². The second-order valence-electron chi connectivity index (χ2n) is 5.35. The predicted molar refractivity (Wildman–Crippen MR) is 85.4 cm³/mol. The number of nitrogens with one attached hydrogen (secondary N) is 1. The lowest BCUT2D eigenvalue weighted by molar-refractivity contribution is 0.0972. The molecule has 0 spiro atoms. The lowest BCUT2D eigenvalue weighted by Crippen LogP contribution is -2.24. The Morgan fingerprint density at radius 2 is 2.09 bits per heavy atom. The molecule has 114 valence electrons. The van der Waals surface area contributed by atoms with Crippen LogP contribution in [0.5, 0.6) is 0 Å². The van der Waals surface area contributed by atoms with Crippen molar-refractivity contribution in [1.82, 2.24) is 24.3 Å². The van der Waals surface area contributed by atoms with Gasteiger partial charge in [0.2, 0.25) is 0 Å². The van der Waals surface area contributed by atoms with Crippen molar-refractivity contribution in [2.75, 3.05) is 0 Å². The molecule has 0 bridgehead atoms. The molecule has 1 aromatic carbocycles. The third-order valence-corrected chi connectivity index (χ3v) is 3.92. The van der Waals surface area contributed by atoms with Crippen LogP contribution in [0.25, 0.3) is 21.9 Å². The summed E-state index contributed by atoms with van der Waals surface area (Å²) in [5, 5.41) is 5.27. The summed E-state index contributed by atoms with van der Waals surface area (Å²) in [6.45, 7) is -0.0570. The van der Waals surface area contributed by atoms with E-state index in [9.17, 15) is 9.59 Å². The van der Waals surface area contributed by atoms with Crippen molar-refractivity contribution in [1.29, 1.82) is 0 Å². The van der Waals surface area contributed by atoms with E-state index in [0.29, 0.717) is 16.6 Å². The van der Waals surface area contributed by atoms with Gasteiger partial charge in [-0.15, -0.1) is 0 Å². The van der Waals surface area contributed by atoms with E-state index in [4.69, 9.17) is 0 Å². The zero-order valence-electron chi connectivity index (χ0n) is 12.4. The van der Waals surface area contributed by atoms with Gasteiger partial charge in [0.1, 0.15) is 11.7 Å². The van der Waals surface area contributed by atoms with Gasteiger partial charge in [-0.25, -0.2) is 4.98 Å². The fraction of sp³-hybridized carbons (Fsp3) is 0.125. The first-order valence-electron chi connectivity index (χ1n) is 7.11. The summed E-state index contributed by atoms with van der Waals surface area (Å²) in [5.74, 6) is -0.144. The van der Waals surface area contributed by atoms with Gasteiger partial charge in [-0.3, -0.25) is 18.8 Å². The highest BCUT2D eigenvalue weighted by molar-refractivity contribution is 6.07. The van der Waals surface area contributed by atoms with E-state index in [-0.39, 0.29) is 17.9 Å². The number of rotatable bonds is 3. The van der Waals surface area contributed by atoms with Gasteiger partial charge in [0.15, 0.2) is 11.4 Å². The van der Waals surface area contributed by atoms with E-state index in [1.165, 1.54) is 21.8 Å². The topological polar surface area (TPSA) is 85.6 Å². The number of aromatic amines is 1. The lowest BCUT2D eigenvalue weighted by atomic mass is 10.1. The molecule has 0 amide bonds.